The number of hydrogen-bond acceptors (Lipinski definition) is 3. The van der Waals surface area contributed by atoms with E-state index in [9.17, 15) is 8.42 Å². The van der Waals surface area contributed by atoms with Crippen molar-refractivity contribution >= 4 is 10.0 Å². The lowest BCUT2D eigenvalue weighted by Crippen LogP contribution is -2.31. The molecule has 0 aliphatic rings. The first kappa shape index (κ1) is 19.3. The van der Waals surface area contributed by atoms with Crippen molar-refractivity contribution in [2.24, 2.45) is 7.05 Å². The molecule has 142 valence electrons. The molecule has 0 bridgehead atoms. The first-order valence-electron chi connectivity index (χ1n) is 9.15. The molecule has 1 aromatic heterocycles. The van der Waals surface area contributed by atoms with Gasteiger partial charge in [0.15, 0.2) is 0 Å². The van der Waals surface area contributed by atoms with E-state index in [4.69, 9.17) is 0 Å². The van der Waals surface area contributed by atoms with Crippen LogP contribution in [0.3, 0.4) is 0 Å². The van der Waals surface area contributed by atoms with Gasteiger partial charge in [0, 0.05) is 31.9 Å². The van der Waals surface area contributed by atoms with Crippen molar-refractivity contribution in [3.05, 3.63) is 72.4 Å². The van der Waals surface area contributed by atoms with Crippen LogP contribution < -0.4 is 0 Å². The maximum atomic E-state index is 13.5. The highest BCUT2D eigenvalue weighted by molar-refractivity contribution is 7.89. The van der Waals surface area contributed by atoms with Crippen LogP contribution in [0.1, 0.15) is 25.3 Å². The van der Waals surface area contributed by atoms with Gasteiger partial charge in [0.2, 0.25) is 10.0 Å². The summed E-state index contributed by atoms with van der Waals surface area (Å²) < 4.78 is 30.2. The van der Waals surface area contributed by atoms with Crippen molar-refractivity contribution in [1.82, 2.24) is 14.1 Å². The third-order valence-corrected chi connectivity index (χ3v) is 6.27. The molecule has 1 heterocycles. The number of unbranched alkanes of at least 4 members (excludes halogenated alkanes) is 1. The molecule has 0 spiro atoms. The molecule has 5 nitrogen and oxygen atoms in total. The van der Waals surface area contributed by atoms with E-state index >= 15 is 0 Å². The molecule has 27 heavy (non-hydrogen) atoms. The zero-order valence-electron chi connectivity index (χ0n) is 15.7. The van der Waals surface area contributed by atoms with E-state index in [2.05, 4.69) is 12.0 Å². The van der Waals surface area contributed by atoms with Gasteiger partial charge in [-0.25, -0.2) is 8.42 Å². The lowest BCUT2D eigenvalue weighted by atomic mass is 10.2. The van der Waals surface area contributed by atoms with Crippen molar-refractivity contribution in [3.8, 4) is 11.3 Å². The maximum Gasteiger partial charge on any atom is 0.247 e. The standard InChI is InChI=1S/C21H25N3O2S/c1-3-4-15-24(16-18-11-7-5-8-12-18)27(25,26)20-17-23(2)22-21(20)19-13-9-6-10-14-19/h5-14,17H,3-4,15-16H2,1-2H3. The molecule has 0 aliphatic carbocycles. The summed E-state index contributed by atoms with van der Waals surface area (Å²) in [5.74, 6) is 0. The van der Waals surface area contributed by atoms with Gasteiger partial charge in [-0.2, -0.15) is 9.40 Å². The summed E-state index contributed by atoms with van der Waals surface area (Å²) in [5.41, 5.74) is 2.27. The van der Waals surface area contributed by atoms with Crippen LogP contribution >= 0.6 is 0 Å². The van der Waals surface area contributed by atoms with Crippen molar-refractivity contribution in [1.29, 1.82) is 0 Å². The predicted octanol–water partition coefficient (Wildman–Crippen LogP) is 4.08. The number of aromatic nitrogens is 2. The second-order valence-corrected chi connectivity index (χ2v) is 8.47. The van der Waals surface area contributed by atoms with Crippen LogP contribution in [0.2, 0.25) is 0 Å². The normalized spacial score (nSPS) is 11.8. The zero-order valence-corrected chi connectivity index (χ0v) is 16.6. The minimum absolute atomic E-state index is 0.253. The number of rotatable bonds is 8. The Labute approximate surface area is 161 Å². The second kappa shape index (κ2) is 8.50. The SMILES string of the molecule is CCCCN(Cc1ccccc1)S(=O)(=O)c1cn(C)nc1-c1ccccc1. The number of nitrogens with zero attached hydrogens (tertiary/aromatic N) is 3. The average Bonchev–Trinajstić information content (AvgIpc) is 3.09. The Hall–Kier alpha value is -2.44. The number of sulfonamides is 1. The van der Waals surface area contributed by atoms with Gasteiger partial charge >= 0.3 is 0 Å². The fourth-order valence-electron chi connectivity index (χ4n) is 3.00. The molecule has 0 aliphatic heterocycles. The van der Waals surface area contributed by atoms with Crippen molar-refractivity contribution < 1.29 is 8.42 Å². The molecule has 0 saturated heterocycles. The van der Waals surface area contributed by atoms with Crippen LogP contribution in [0.15, 0.2) is 71.8 Å². The Kier molecular flexibility index (Phi) is 6.08. The molecular weight excluding hydrogens is 358 g/mol. The summed E-state index contributed by atoms with van der Waals surface area (Å²) in [6.07, 6.45) is 3.34. The van der Waals surface area contributed by atoms with E-state index in [0.29, 0.717) is 18.8 Å². The number of aryl methyl sites for hydroxylation is 1. The highest BCUT2D eigenvalue weighted by Gasteiger charge is 2.29. The molecule has 0 saturated carbocycles. The molecule has 0 amide bonds. The zero-order chi connectivity index (χ0) is 19.3. The van der Waals surface area contributed by atoms with E-state index < -0.39 is 10.0 Å². The first-order chi connectivity index (χ1) is 13.0. The third kappa shape index (κ3) is 4.46. The fraction of sp³-hybridized carbons (Fsp3) is 0.286. The monoisotopic (exact) mass is 383 g/mol. The summed E-state index contributed by atoms with van der Waals surface area (Å²) in [5, 5.41) is 4.43. The van der Waals surface area contributed by atoms with Crippen LogP contribution in [0.4, 0.5) is 0 Å². The Morgan fingerprint density at radius 3 is 2.26 bits per heavy atom. The first-order valence-corrected chi connectivity index (χ1v) is 10.6. The molecule has 0 fully saturated rings. The molecule has 0 unspecified atom stereocenters. The molecular formula is C21H25N3O2S. The van der Waals surface area contributed by atoms with E-state index in [0.717, 1.165) is 24.0 Å². The van der Waals surface area contributed by atoms with E-state index in [-0.39, 0.29) is 4.90 Å². The van der Waals surface area contributed by atoms with Crippen LogP contribution in [0.5, 0.6) is 0 Å². The highest BCUT2D eigenvalue weighted by Crippen LogP contribution is 2.29. The Bertz CT molecular complexity index is 967. The smallest absolute Gasteiger partial charge is 0.247 e. The largest absolute Gasteiger partial charge is 0.274 e. The predicted molar refractivity (Wildman–Crippen MR) is 108 cm³/mol. The average molecular weight is 384 g/mol. The highest BCUT2D eigenvalue weighted by atomic mass is 32.2. The van der Waals surface area contributed by atoms with Gasteiger partial charge in [0.25, 0.3) is 0 Å². The molecule has 2 aromatic carbocycles. The number of benzene rings is 2. The Morgan fingerprint density at radius 2 is 1.63 bits per heavy atom. The van der Waals surface area contributed by atoms with Crippen molar-refractivity contribution in [3.63, 3.8) is 0 Å². The van der Waals surface area contributed by atoms with Gasteiger partial charge in [0.05, 0.1) is 0 Å². The summed E-state index contributed by atoms with van der Waals surface area (Å²) in [6, 6.07) is 19.2. The van der Waals surface area contributed by atoms with Gasteiger partial charge in [-0.1, -0.05) is 74.0 Å². The lowest BCUT2D eigenvalue weighted by Gasteiger charge is -2.22. The third-order valence-electron chi connectivity index (χ3n) is 4.42. The van der Waals surface area contributed by atoms with Gasteiger partial charge < -0.3 is 0 Å². The molecule has 0 radical (unpaired) electrons. The Balaban J connectivity index is 2.02. The van der Waals surface area contributed by atoms with Gasteiger partial charge in [-0.05, 0) is 12.0 Å². The van der Waals surface area contributed by atoms with Crippen molar-refractivity contribution in [2.75, 3.05) is 6.54 Å². The molecule has 3 aromatic rings. The lowest BCUT2D eigenvalue weighted by molar-refractivity contribution is 0.398. The van der Waals surface area contributed by atoms with E-state index in [1.807, 2.05) is 60.7 Å². The van der Waals surface area contributed by atoms with Gasteiger partial charge in [0.1, 0.15) is 10.6 Å². The topological polar surface area (TPSA) is 55.2 Å². The van der Waals surface area contributed by atoms with Gasteiger partial charge in [-0.3, -0.25) is 4.68 Å². The van der Waals surface area contributed by atoms with E-state index in [1.54, 1.807) is 22.2 Å². The van der Waals surface area contributed by atoms with Gasteiger partial charge in [-0.15, -0.1) is 0 Å². The molecule has 3 rings (SSSR count). The maximum absolute atomic E-state index is 13.5. The minimum atomic E-state index is -3.68. The minimum Gasteiger partial charge on any atom is -0.274 e. The summed E-state index contributed by atoms with van der Waals surface area (Å²) in [6.45, 7) is 2.90. The van der Waals surface area contributed by atoms with E-state index in [1.165, 1.54) is 0 Å². The summed E-state index contributed by atoms with van der Waals surface area (Å²) >= 11 is 0. The molecule has 0 N–H and O–H groups in total. The van der Waals surface area contributed by atoms with Crippen LogP contribution in [-0.4, -0.2) is 29.0 Å². The van der Waals surface area contributed by atoms with Crippen LogP contribution in [-0.2, 0) is 23.6 Å². The number of hydrogen-bond donors (Lipinski definition) is 0. The Morgan fingerprint density at radius 1 is 1.00 bits per heavy atom. The quantitative estimate of drug-likeness (QED) is 0.589. The van der Waals surface area contributed by atoms with Crippen molar-refractivity contribution in [2.45, 2.75) is 31.2 Å². The summed E-state index contributed by atoms with van der Waals surface area (Å²) in [4.78, 5) is 0.253. The second-order valence-electron chi connectivity index (χ2n) is 6.56. The van der Waals surface area contributed by atoms with Crippen LogP contribution in [0, 0.1) is 0 Å². The fourth-order valence-corrected chi connectivity index (χ4v) is 4.65. The molecule has 6 heteroatoms. The van der Waals surface area contributed by atoms with Crippen LogP contribution in [0.25, 0.3) is 11.3 Å². The summed E-state index contributed by atoms with van der Waals surface area (Å²) in [7, 11) is -1.93. The molecule has 0 atom stereocenters.